The highest BCUT2D eigenvalue weighted by molar-refractivity contribution is 5.79. The van der Waals surface area contributed by atoms with Crippen LogP contribution in [0.1, 0.15) is 19.3 Å². The maximum atomic E-state index is 12.9. The van der Waals surface area contributed by atoms with Crippen LogP contribution in [0.5, 0.6) is 0 Å². The number of hydrogen-bond acceptors (Lipinski definition) is 3. The number of nitrogens with zero attached hydrogens (tertiary/aromatic N) is 1. The van der Waals surface area contributed by atoms with E-state index in [1.165, 1.54) is 0 Å². The van der Waals surface area contributed by atoms with E-state index in [-0.39, 0.29) is 6.54 Å². The lowest BCUT2D eigenvalue weighted by atomic mass is 10.1. The Morgan fingerprint density at radius 2 is 1.48 bits per heavy atom. The fourth-order valence-corrected chi connectivity index (χ4v) is 1.85. The molecule has 0 radical (unpaired) electrons. The molecule has 0 atom stereocenters. The molecule has 1 aliphatic rings. The minimum absolute atomic E-state index is 0.0133. The second-order valence-corrected chi connectivity index (χ2v) is 4.68. The second-order valence-electron chi connectivity index (χ2n) is 4.68. The zero-order chi connectivity index (χ0) is 16.3. The van der Waals surface area contributed by atoms with Crippen molar-refractivity contribution in [1.82, 2.24) is 4.90 Å². The molecule has 3 nitrogen and oxygen atoms in total. The van der Waals surface area contributed by atoms with Crippen LogP contribution in [0.2, 0.25) is 0 Å². The number of alkyl halides is 7. The summed E-state index contributed by atoms with van der Waals surface area (Å²) in [5, 5.41) is 0. The fraction of sp³-hybridized carbons (Fsp3) is 0.909. The van der Waals surface area contributed by atoms with Gasteiger partial charge >= 0.3 is 24.0 Å². The van der Waals surface area contributed by atoms with Crippen LogP contribution in [-0.4, -0.2) is 55.1 Å². The minimum Gasteiger partial charge on any atom is -0.460 e. The summed E-state index contributed by atoms with van der Waals surface area (Å²) in [7, 11) is 0. The smallest absolute Gasteiger partial charge is 0.460 e. The van der Waals surface area contributed by atoms with E-state index < -0.39 is 30.6 Å². The molecule has 0 saturated carbocycles. The first-order valence-corrected chi connectivity index (χ1v) is 6.22. The Balaban J connectivity index is 2.53. The summed E-state index contributed by atoms with van der Waals surface area (Å²) < 4.78 is 90.4. The van der Waals surface area contributed by atoms with Gasteiger partial charge in [-0.15, -0.1) is 0 Å². The predicted octanol–water partition coefficient (Wildman–Crippen LogP) is 2.85. The molecule has 10 heteroatoms. The lowest BCUT2D eigenvalue weighted by molar-refractivity contribution is -0.348. The van der Waals surface area contributed by atoms with Crippen LogP contribution < -0.4 is 0 Å². The quantitative estimate of drug-likeness (QED) is 0.575. The molecular weight excluding hydrogens is 311 g/mol. The van der Waals surface area contributed by atoms with Crippen molar-refractivity contribution >= 4 is 5.97 Å². The van der Waals surface area contributed by atoms with E-state index in [9.17, 15) is 35.5 Å². The van der Waals surface area contributed by atoms with Gasteiger partial charge in [0.25, 0.3) is 0 Å². The Kier molecular flexibility index (Phi) is 5.46. The largest absolute Gasteiger partial charge is 0.460 e. The van der Waals surface area contributed by atoms with Crippen molar-refractivity contribution in [3.63, 3.8) is 0 Å². The van der Waals surface area contributed by atoms with Crippen molar-refractivity contribution in [3.05, 3.63) is 0 Å². The zero-order valence-electron chi connectivity index (χ0n) is 10.9. The van der Waals surface area contributed by atoms with Gasteiger partial charge in [0.2, 0.25) is 0 Å². The van der Waals surface area contributed by atoms with E-state index >= 15 is 0 Å². The number of carbonyl (C=O) groups excluding carboxylic acids is 1. The van der Waals surface area contributed by atoms with Gasteiger partial charge in [0.1, 0.15) is 6.61 Å². The Labute approximate surface area is 116 Å². The molecule has 0 aliphatic carbocycles. The summed E-state index contributed by atoms with van der Waals surface area (Å²) in [6.07, 6.45) is -3.83. The lowest BCUT2D eigenvalue weighted by Crippen LogP contribution is -2.56. The van der Waals surface area contributed by atoms with Crippen LogP contribution in [0, 0.1) is 0 Å². The normalized spacial score (nSPS) is 18.6. The third-order valence-corrected chi connectivity index (χ3v) is 3.10. The number of rotatable bonds is 5. The molecule has 1 fully saturated rings. The highest BCUT2D eigenvalue weighted by atomic mass is 19.4. The molecule has 124 valence electrons. The van der Waals surface area contributed by atoms with E-state index in [0.717, 1.165) is 19.3 Å². The first kappa shape index (κ1) is 18.0. The van der Waals surface area contributed by atoms with Gasteiger partial charge < -0.3 is 4.74 Å². The topological polar surface area (TPSA) is 29.5 Å². The van der Waals surface area contributed by atoms with Crippen LogP contribution in [0.25, 0.3) is 0 Å². The predicted molar refractivity (Wildman–Crippen MR) is 57.2 cm³/mol. The summed E-state index contributed by atoms with van der Waals surface area (Å²) >= 11 is 0. The number of esters is 1. The third-order valence-electron chi connectivity index (χ3n) is 3.10. The van der Waals surface area contributed by atoms with Crippen molar-refractivity contribution < 1.29 is 40.3 Å². The molecule has 1 aliphatic heterocycles. The summed E-state index contributed by atoms with van der Waals surface area (Å²) in [5.74, 6) is -15.3. The van der Waals surface area contributed by atoms with Gasteiger partial charge in [0.05, 0.1) is 0 Å². The number of piperidine rings is 1. The molecule has 1 rings (SSSR count). The van der Waals surface area contributed by atoms with Crippen LogP contribution in [0.15, 0.2) is 0 Å². The molecule has 21 heavy (non-hydrogen) atoms. The average Bonchev–Trinajstić information content (AvgIpc) is 2.38. The number of halogens is 7. The maximum absolute atomic E-state index is 12.9. The van der Waals surface area contributed by atoms with Crippen LogP contribution >= 0.6 is 0 Å². The highest BCUT2D eigenvalue weighted by Crippen LogP contribution is 2.46. The Hall–Kier alpha value is -1.06. The first-order valence-electron chi connectivity index (χ1n) is 6.22. The Bertz CT molecular complexity index is 364. The second kappa shape index (κ2) is 6.37. The maximum Gasteiger partial charge on any atom is 0.460 e. The van der Waals surface area contributed by atoms with E-state index in [1.54, 1.807) is 4.90 Å². The van der Waals surface area contributed by atoms with Gasteiger partial charge in [-0.05, 0) is 25.9 Å². The monoisotopic (exact) mass is 325 g/mol. The molecule has 0 amide bonds. The SMILES string of the molecule is O=C(OCCN1CCCCC1)C(F)(F)C(F)(F)C(F)(F)F. The first-order chi connectivity index (χ1) is 9.50. The molecular formula is C11H14F7NO2. The van der Waals surface area contributed by atoms with Crippen molar-refractivity contribution in [1.29, 1.82) is 0 Å². The molecule has 0 unspecified atom stereocenters. The number of carbonyl (C=O) groups is 1. The van der Waals surface area contributed by atoms with E-state index in [4.69, 9.17) is 0 Å². The standard InChI is InChI=1S/C11H14F7NO2/c12-9(13,10(14,15)11(16,17)18)8(20)21-7-6-19-4-2-1-3-5-19/h1-7H2. The van der Waals surface area contributed by atoms with Gasteiger partial charge in [-0.3, -0.25) is 4.90 Å². The Morgan fingerprint density at radius 1 is 0.952 bits per heavy atom. The van der Waals surface area contributed by atoms with Crippen LogP contribution in [0.3, 0.4) is 0 Å². The Morgan fingerprint density at radius 3 is 1.95 bits per heavy atom. The fourth-order valence-electron chi connectivity index (χ4n) is 1.85. The van der Waals surface area contributed by atoms with Crippen LogP contribution in [-0.2, 0) is 9.53 Å². The zero-order valence-corrected chi connectivity index (χ0v) is 10.9. The summed E-state index contributed by atoms with van der Waals surface area (Å²) in [6, 6.07) is 0. The van der Waals surface area contributed by atoms with Gasteiger partial charge in [-0.2, -0.15) is 30.7 Å². The third kappa shape index (κ3) is 3.98. The molecule has 0 bridgehead atoms. The van der Waals surface area contributed by atoms with Crippen LogP contribution in [0.4, 0.5) is 30.7 Å². The lowest BCUT2D eigenvalue weighted by Gasteiger charge is -2.28. The van der Waals surface area contributed by atoms with Gasteiger partial charge in [0.15, 0.2) is 0 Å². The number of hydrogen-bond donors (Lipinski definition) is 0. The summed E-state index contributed by atoms with van der Waals surface area (Å²) in [5.41, 5.74) is 0. The number of ether oxygens (including phenoxy) is 1. The number of likely N-dealkylation sites (tertiary alicyclic amines) is 1. The van der Waals surface area contributed by atoms with E-state index in [2.05, 4.69) is 4.74 Å². The highest BCUT2D eigenvalue weighted by Gasteiger charge is 2.77. The molecule has 0 spiro atoms. The molecule has 0 aromatic carbocycles. The molecule has 0 N–H and O–H groups in total. The molecule has 1 saturated heterocycles. The van der Waals surface area contributed by atoms with Crippen molar-refractivity contribution in [2.45, 2.75) is 37.3 Å². The molecule has 1 heterocycles. The van der Waals surface area contributed by atoms with Gasteiger partial charge in [-0.1, -0.05) is 6.42 Å². The summed E-state index contributed by atoms with van der Waals surface area (Å²) in [6.45, 7) is 0.612. The summed E-state index contributed by atoms with van der Waals surface area (Å²) in [4.78, 5) is 12.6. The van der Waals surface area contributed by atoms with Crippen molar-refractivity contribution in [2.24, 2.45) is 0 Å². The molecule has 0 aromatic heterocycles. The molecule has 0 aromatic rings. The van der Waals surface area contributed by atoms with E-state index in [0.29, 0.717) is 13.1 Å². The van der Waals surface area contributed by atoms with Crippen molar-refractivity contribution in [3.8, 4) is 0 Å². The van der Waals surface area contributed by atoms with Crippen molar-refractivity contribution in [2.75, 3.05) is 26.2 Å². The van der Waals surface area contributed by atoms with E-state index in [1.807, 2.05) is 0 Å². The minimum atomic E-state index is -6.54. The van der Waals surface area contributed by atoms with Gasteiger partial charge in [0, 0.05) is 6.54 Å². The van der Waals surface area contributed by atoms with Gasteiger partial charge in [-0.25, -0.2) is 4.79 Å². The average molecular weight is 325 g/mol.